The molecule has 0 aromatic carbocycles. The van der Waals surface area contributed by atoms with Crippen LogP contribution in [0.3, 0.4) is 0 Å². The second kappa shape index (κ2) is 4.49. The first-order valence-corrected chi connectivity index (χ1v) is 5.35. The SMILES string of the molecule is CCCOC(=O)C1(C)COC(C)(C)OC1. The zero-order valence-electron chi connectivity index (χ0n) is 9.96. The Morgan fingerprint density at radius 2 is 1.80 bits per heavy atom. The highest BCUT2D eigenvalue weighted by Crippen LogP contribution is 2.30. The number of esters is 1. The van der Waals surface area contributed by atoms with Crippen molar-refractivity contribution in [2.75, 3.05) is 19.8 Å². The van der Waals surface area contributed by atoms with Crippen LogP contribution in [0.4, 0.5) is 0 Å². The molecule has 1 aliphatic rings. The van der Waals surface area contributed by atoms with Gasteiger partial charge in [0, 0.05) is 0 Å². The summed E-state index contributed by atoms with van der Waals surface area (Å²) in [5, 5.41) is 0. The van der Waals surface area contributed by atoms with Gasteiger partial charge in [-0.25, -0.2) is 0 Å². The normalized spacial score (nSPS) is 23.5. The van der Waals surface area contributed by atoms with Crippen molar-refractivity contribution in [3.05, 3.63) is 0 Å². The van der Waals surface area contributed by atoms with E-state index in [1.807, 2.05) is 20.8 Å². The minimum atomic E-state index is -0.662. The van der Waals surface area contributed by atoms with E-state index in [9.17, 15) is 4.79 Å². The fourth-order valence-electron chi connectivity index (χ4n) is 1.24. The molecule has 1 fully saturated rings. The van der Waals surface area contributed by atoms with E-state index >= 15 is 0 Å². The summed E-state index contributed by atoms with van der Waals surface area (Å²) >= 11 is 0. The number of carbonyl (C=O) groups is 1. The Hall–Kier alpha value is -0.610. The highest BCUT2D eigenvalue weighted by molar-refractivity contribution is 5.76. The fourth-order valence-corrected chi connectivity index (χ4v) is 1.24. The third-order valence-electron chi connectivity index (χ3n) is 2.41. The molecule has 0 spiro atoms. The molecular weight excluding hydrogens is 196 g/mol. The highest BCUT2D eigenvalue weighted by Gasteiger charge is 2.43. The minimum Gasteiger partial charge on any atom is -0.465 e. The predicted molar refractivity (Wildman–Crippen MR) is 55.3 cm³/mol. The maximum absolute atomic E-state index is 11.7. The summed E-state index contributed by atoms with van der Waals surface area (Å²) in [6.45, 7) is 8.60. The third-order valence-corrected chi connectivity index (χ3v) is 2.41. The number of ether oxygens (including phenoxy) is 3. The van der Waals surface area contributed by atoms with Crippen molar-refractivity contribution in [2.24, 2.45) is 5.41 Å². The first-order valence-electron chi connectivity index (χ1n) is 5.35. The van der Waals surface area contributed by atoms with E-state index in [4.69, 9.17) is 14.2 Å². The molecule has 4 nitrogen and oxygen atoms in total. The molecule has 15 heavy (non-hydrogen) atoms. The maximum atomic E-state index is 11.7. The zero-order valence-corrected chi connectivity index (χ0v) is 9.96. The van der Waals surface area contributed by atoms with Crippen LogP contribution in [0.25, 0.3) is 0 Å². The Morgan fingerprint density at radius 3 is 2.27 bits per heavy atom. The van der Waals surface area contributed by atoms with Crippen LogP contribution in [-0.2, 0) is 19.0 Å². The van der Waals surface area contributed by atoms with Gasteiger partial charge < -0.3 is 14.2 Å². The molecule has 4 heteroatoms. The lowest BCUT2D eigenvalue weighted by atomic mass is 9.92. The number of carbonyl (C=O) groups excluding carboxylic acids is 1. The van der Waals surface area contributed by atoms with Crippen LogP contribution in [0.1, 0.15) is 34.1 Å². The minimum absolute atomic E-state index is 0.236. The molecule has 0 amide bonds. The molecular formula is C11H20O4. The Balaban J connectivity index is 2.50. The van der Waals surface area contributed by atoms with Crippen molar-refractivity contribution in [1.82, 2.24) is 0 Å². The lowest BCUT2D eigenvalue weighted by Gasteiger charge is -2.39. The van der Waals surface area contributed by atoms with Gasteiger partial charge in [0.25, 0.3) is 0 Å². The van der Waals surface area contributed by atoms with Gasteiger partial charge in [-0.2, -0.15) is 0 Å². The van der Waals surface area contributed by atoms with Crippen molar-refractivity contribution in [3.8, 4) is 0 Å². The average Bonchev–Trinajstić information content (AvgIpc) is 2.19. The van der Waals surface area contributed by atoms with E-state index < -0.39 is 11.2 Å². The van der Waals surface area contributed by atoms with E-state index in [1.54, 1.807) is 6.92 Å². The van der Waals surface area contributed by atoms with Crippen LogP contribution in [0, 0.1) is 5.41 Å². The molecule has 0 saturated carbocycles. The van der Waals surface area contributed by atoms with Gasteiger partial charge >= 0.3 is 5.97 Å². The van der Waals surface area contributed by atoms with Crippen molar-refractivity contribution >= 4 is 5.97 Å². The molecule has 0 N–H and O–H groups in total. The largest absolute Gasteiger partial charge is 0.465 e. The summed E-state index contributed by atoms with van der Waals surface area (Å²) in [6.07, 6.45) is 0.828. The van der Waals surface area contributed by atoms with Gasteiger partial charge in [-0.3, -0.25) is 4.79 Å². The Labute approximate surface area is 90.9 Å². The second-order valence-electron chi connectivity index (χ2n) is 4.67. The van der Waals surface area contributed by atoms with Gasteiger partial charge in [0.1, 0.15) is 5.41 Å². The molecule has 0 aromatic rings. The number of hydrogen-bond donors (Lipinski definition) is 0. The van der Waals surface area contributed by atoms with E-state index in [2.05, 4.69) is 0 Å². The zero-order chi connectivity index (χ0) is 11.5. The molecule has 0 aliphatic carbocycles. The second-order valence-corrected chi connectivity index (χ2v) is 4.67. The standard InChI is InChI=1S/C11H20O4/c1-5-6-13-9(12)11(4)7-14-10(2,3)15-8-11/h5-8H2,1-4H3. The molecule has 0 bridgehead atoms. The summed E-state index contributed by atoms with van der Waals surface area (Å²) in [6, 6.07) is 0. The van der Waals surface area contributed by atoms with Gasteiger partial charge in [-0.15, -0.1) is 0 Å². The number of rotatable bonds is 3. The quantitative estimate of drug-likeness (QED) is 0.674. The molecule has 0 radical (unpaired) electrons. The number of hydrogen-bond acceptors (Lipinski definition) is 4. The summed E-state index contributed by atoms with van der Waals surface area (Å²) < 4.78 is 16.0. The summed E-state index contributed by atoms with van der Waals surface area (Å²) in [7, 11) is 0. The van der Waals surface area contributed by atoms with Crippen molar-refractivity contribution in [2.45, 2.75) is 39.9 Å². The van der Waals surface area contributed by atoms with Gasteiger partial charge in [-0.05, 0) is 27.2 Å². The maximum Gasteiger partial charge on any atom is 0.316 e. The van der Waals surface area contributed by atoms with Crippen LogP contribution in [0.5, 0.6) is 0 Å². The van der Waals surface area contributed by atoms with E-state index in [0.717, 1.165) is 6.42 Å². The molecule has 1 saturated heterocycles. The van der Waals surface area contributed by atoms with E-state index in [0.29, 0.717) is 19.8 Å². The van der Waals surface area contributed by atoms with Crippen LogP contribution >= 0.6 is 0 Å². The first-order chi connectivity index (χ1) is 6.90. The van der Waals surface area contributed by atoms with Crippen molar-refractivity contribution < 1.29 is 19.0 Å². The smallest absolute Gasteiger partial charge is 0.316 e. The summed E-state index contributed by atoms with van der Waals surface area (Å²) in [4.78, 5) is 11.7. The van der Waals surface area contributed by atoms with Gasteiger partial charge in [0.15, 0.2) is 5.79 Å². The summed E-state index contributed by atoms with van der Waals surface area (Å²) in [5.41, 5.74) is -0.662. The van der Waals surface area contributed by atoms with E-state index in [-0.39, 0.29) is 5.97 Å². The van der Waals surface area contributed by atoms with Gasteiger partial charge in [0.05, 0.1) is 19.8 Å². The summed E-state index contributed by atoms with van der Waals surface area (Å²) in [5.74, 6) is -0.829. The lowest BCUT2D eigenvalue weighted by Crippen LogP contribution is -2.49. The average molecular weight is 216 g/mol. The van der Waals surface area contributed by atoms with Crippen molar-refractivity contribution in [3.63, 3.8) is 0 Å². The van der Waals surface area contributed by atoms with Crippen molar-refractivity contribution in [1.29, 1.82) is 0 Å². The Kier molecular flexibility index (Phi) is 3.73. The van der Waals surface area contributed by atoms with Crippen LogP contribution in [0.2, 0.25) is 0 Å². The molecule has 1 heterocycles. The van der Waals surface area contributed by atoms with Gasteiger partial charge in [-0.1, -0.05) is 6.92 Å². The predicted octanol–water partition coefficient (Wildman–Crippen LogP) is 1.73. The monoisotopic (exact) mass is 216 g/mol. The third kappa shape index (κ3) is 3.18. The molecule has 0 unspecified atom stereocenters. The van der Waals surface area contributed by atoms with E-state index in [1.165, 1.54) is 0 Å². The topological polar surface area (TPSA) is 44.8 Å². The molecule has 88 valence electrons. The van der Waals surface area contributed by atoms with Crippen LogP contribution < -0.4 is 0 Å². The molecule has 1 aliphatic heterocycles. The molecule has 0 atom stereocenters. The first kappa shape index (κ1) is 12.5. The van der Waals surface area contributed by atoms with Crippen LogP contribution in [0.15, 0.2) is 0 Å². The van der Waals surface area contributed by atoms with Gasteiger partial charge in [0.2, 0.25) is 0 Å². The highest BCUT2D eigenvalue weighted by atomic mass is 16.7. The Bertz CT molecular complexity index is 225. The fraction of sp³-hybridized carbons (Fsp3) is 0.909. The molecule has 1 rings (SSSR count). The van der Waals surface area contributed by atoms with Crippen LogP contribution in [-0.4, -0.2) is 31.6 Å². The molecule has 0 aromatic heterocycles. The Morgan fingerprint density at radius 1 is 1.27 bits per heavy atom. The lowest BCUT2D eigenvalue weighted by molar-refractivity contribution is -0.281.